The third-order valence-corrected chi connectivity index (χ3v) is 4.55. The number of carbonyl (C=O) groups excluding carboxylic acids is 1. The molecule has 3 aromatic rings. The van der Waals surface area contributed by atoms with Gasteiger partial charge in [-0.15, -0.1) is 5.10 Å². The lowest BCUT2D eigenvalue weighted by Gasteiger charge is -2.24. The second kappa shape index (κ2) is 6.12. The first-order chi connectivity index (χ1) is 12.1. The van der Waals surface area contributed by atoms with E-state index in [1.807, 2.05) is 42.1 Å². The number of aromatic amines is 1. The quantitative estimate of drug-likeness (QED) is 0.783. The molecule has 0 saturated carbocycles. The summed E-state index contributed by atoms with van der Waals surface area (Å²) in [6.45, 7) is 0.720. The van der Waals surface area contributed by atoms with Crippen molar-refractivity contribution in [2.24, 2.45) is 0 Å². The highest BCUT2D eigenvalue weighted by molar-refractivity contribution is 5.97. The second-order valence-corrected chi connectivity index (χ2v) is 6.39. The topological polar surface area (TPSA) is 90.9 Å². The van der Waals surface area contributed by atoms with E-state index in [2.05, 4.69) is 25.6 Å². The van der Waals surface area contributed by atoms with E-state index in [1.165, 1.54) is 0 Å². The fraction of sp³-hybridized carbons (Fsp3) is 0.353. The Morgan fingerprint density at radius 3 is 2.76 bits per heavy atom. The van der Waals surface area contributed by atoms with Crippen LogP contribution in [0.25, 0.3) is 11.0 Å². The van der Waals surface area contributed by atoms with E-state index >= 15 is 0 Å². The molecule has 1 unspecified atom stereocenters. The zero-order chi connectivity index (χ0) is 17.4. The van der Waals surface area contributed by atoms with Crippen LogP contribution in [0.5, 0.6) is 0 Å². The third-order valence-electron chi connectivity index (χ3n) is 4.55. The molecule has 1 saturated heterocycles. The van der Waals surface area contributed by atoms with Crippen molar-refractivity contribution < 1.29 is 4.79 Å². The number of anilines is 1. The summed E-state index contributed by atoms with van der Waals surface area (Å²) < 4.78 is 0. The molecule has 0 aliphatic carbocycles. The molecular formula is C17H19N7O. The van der Waals surface area contributed by atoms with Crippen molar-refractivity contribution in [3.8, 4) is 0 Å². The molecule has 4 rings (SSSR count). The molecule has 1 aromatic carbocycles. The third kappa shape index (κ3) is 2.79. The molecule has 0 spiro atoms. The van der Waals surface area contributed by atoms with Crippen molar-refractivity contribution in [1.82, 2.24) is 30.5 Å². The number of nitrogens with one attached hydrogen (secondary N) is 1. The van der Waals surface area contributed by atoms with Crippen molar-refractivity contribution in [3.63, 3.8) is 0 Å². The van der Waals surface area contributed by atoms with E-state index < -0.39 is 0 Å². The number of likely N-dealkylation sites (tertiary alicyclic amines) is 1. The predicted molar refractivity (Wildman–Crippen MR) is 93.3 cm³/mol. The molecule has 8 nitrogen and oxygen atoms in total. The van der Waals surface area contributed by atoms with Gasteiger partial charge in [0.1, 0.15) is 11.0 Å². The molecule has 1 atom stereocenters. The van der Waals surface area contributed by atoms with Gasteiger partial charge >= 0.3 is 0 Å². The Morgan fingerprint density at radius 2 is 2.00 bits per heavy atom. The van der Waals surface area contributed by atoms with E-state index in [0.717, 1.165) is 36.4 Å². The van der Waals surface area contributed by atoms with E-state index in [1.54, 1.807) is 12.1 Å². The van der Waals surface area contributed by atoms with Gasteiger partial charge in [0, 0.05) is 26.2 Å². The maximum Gasteiger partial charge on any atom is 0.254 e. The Kier molecular flexibility index (Phi) is 3.79. The minimum Gasteiger partial charge on any atom is -0.361 e. The van der Waals surface area contributed by atoms with Crippen molar-refractivity contribution in [1.29, 1.82) is 0 Å². The number of benzene rings is 1. The van der Waals surface area contributed by atoms with Gasteiger partial charge in [-0.25, -0.2) is 0 Å². The zero-order valence-electron chi connectivity index (χ0n) is 14.2. The first-order valence-electron chi connectivity index (χ1n) is 8.26. The molecule has 25 heavy (non-hydrogen) atoms. The first-order valence-corrected chi connectivity index (χ1v) is 8.26. The minimum absolute atomic E-state index is 0.00844. The number of carbonyl (C=O) groups is 1. The lowest BCUT2D eigenvalue weighted by molar-refractivity contribution is 0.0732. The molecule has 8 heteroatoms. The van der Waals surface area contributed by atoms with Crippen molar-refractivity contribution in [2.45, 2.75) is 18.9 Å². The van der Waals surface area contributed by atoms with Gasteiger partial charge in [0.15, 0.2) is 5.82 Å². The van der Waals surface area contributed by atoms with E-state index in [0.29, 0.717) is 11.1 Å². The lowest BCUT2D eigenvalue weighted by atomic mass is 10.1. The minimum atomic E-state index is -0.0378. The van der Waals surface area contributed by atoms with Crippen LogP contribution < -0.4 is 4.90 Å². The highest BCUT2D eigenvalue weighted by Crippen LogP contribution is 2.32. The van der Waals surface area contributed by atoms with Gasteiger partial charge in [0.05, 0.1) is 11.7 Å². The molecule has 0 bridgehead atoms. The number of amides is 1. The van der Waals surface area contributed by atoms with Gasteiger partial charge in [-0.05, 0) is 43.2 Å². The summed E-state index contributed by atoms with van der Waals surface area (Å²) in [6, 6.07) is 9.23. The Morgan fingerprint density at radius 1 is 1.16 bits per heavy atom. The number of hydrogen-bond donors (Lipinski definition) is 1. The molecule has 2 aromatic heterocycles. The summed E-state index contributed by atoms with van der Waals surface area (Å²) in [4.78, 5) is 16.8. The Labute approximate surface area is 144 Å². The van der Waals surface area contributed by atoms with Crippen LogP contribution in [-0.4, -0.2) is 57.1 Å². The Bertz CT molecular complexity index is 903. The smallest absolute Gasteiger partial charge is 0.254 e. The second-order valence-electron chi connectivity index (χ2n) is 6.39. The molecular weight excluding hydrogens is 318 g/mol. The van der Waals surface area contributed by atoms with Gasteiger partial charge in [-0.3, -0.25) is 4.79 Å². The molecule has 3 heterocycles. The summed E-state index contributed by atoms with van der Waals surface area (Å²) in [7, 11) is 3.85. The average molecular weight is 337 g/mol. The Hall–Kier alpha value is -3.03. The van der Waals surface area contributed by atoms with Crippen LogP contribution in [-0.2, 0) is 0 Å². The van der Waals surface area contributed by atoms with Gasteiger partial charge in [-0.1, -0.05) is 0 Å². The fourth-order valence-electron chi connectivity index (χ4n) is 3.21. The van der Waals surface area contributed by atoms with Crippen molar-refractivity contribution >= 4 is 22.8 Å². The van der Waals surface area contributed by atoms with Crippen molar-refractivity contribution in [2.75, 3.05) is 25.5 Å². The van der Waals surface area contributed by atoms with Gasteiger partial charge < -0.3 is 9.80 Å². The molecule has 128 valence electrons. The summed E-state index contributed by atoms with van der Waals surface area (Å²) in [5.41, 5.74) is 2.89. The van der Waals surface area contributed by atoms with E-state index in [4.69, 9.17) is 0 Å². The average Bonchev–Trinajstić information content (AvgIpc) is 3.29. The van der Waals surface area contributed by atoms with Crippen LogP contribution in [0.2, 0.25) is 0 Å². The highest BCUT2D eigenvalue weighted by atomic mass is 16.2. The molecule has 1 fully saturated rings. The van der Waals surface area contributed by atoms with Gasteiger partial charge in [0.25, 0.3) is 5.91 Å². The molecule has 1 aliphatic rings. The SMILES string of the molecule is CN(C)c1ccc(C2CCCN2C(=O)c2ccc3n[nH]nc3c2)nn1. The maximum absolute atomic E-state index is 13.0. The van der Waals surface area contributed by atoms with Crippen LogP contribution in [0, 0.1) is 0 Å². The van der Waals surface area contributed by atoms with Crippen LogP contribution in [0.15, 0.2) is 30.3 Å². The Balaban J connectivity index is 1.60. The van der Waals surface area contributed by atoms with Gasteiger partial charge in [-0.2, -0.15) is 20.5 Å². The van der Waals surface area contributed by atoms with Crippen molar-refractivity contribution in [3.05, 3.63) is 41.6 Å². The summed E-state index contributed by atoms with van der Waals surface area (Å²) in [5.74, 6) is 0.794. The van der Waals surface area contributed by atoms with Crippen LogP contribution >= 0.6 is 0 Å². The summed E-state index contributed by atoms with van der Waals surface area (Å²) >= 11 is 0. The largest absolute Gasteiger partial charge is 0.361 e. The number of H-pyrrole nitrogens is 1. The van der Waals surface area contributed by atoms with E-state index in [-0.39, 0.29) is 11.9 Å². The lowest BCUT2D eigenvalue weighted by Crippen LogP contribution is -2.31. The van der Waals surface area contributed by atoms with Crippen LogP contribution in [0.3, 0.4) is 0 Å². The highest BCUT2D eigenvalue weighted by Gasteiger charge is 2.32. The number of fused-ring (bicyclic) bond motifs is 1. The first kappa shape index (κ1) is 15.5. The zero-order valence-corrected chi connectivity index (χ0v) is 14.2. The van der Waals surface area contributed by atoms with Gasteiger partial charge in [0.2, 0.25) is 0 Å². The number of nitrogens with zero attached hydrogens (tertiary/aromatic N) is 6. The van der Waals surface area contributed by atoms with Crippen LogP contribution in [0.4, 0.5) is 5.82 Å². The molecule has 1 aliphatic heterocycles. The molecule has 0 radical (unpaired) electrons. The van der Waals surface area contributed by atoms with Crippen LogP contribution in [0.1, 0.15) is 34.9 Å². The molecule has 1 amide bonds. The standard InChI is InChI=1S/C17H19N7O/c1-23(2)16-8-7-13(18-21-16)15-4-3-9-24(15)17(25)11-5-6-12-14(10-11)20-22-19-12/h5-8,10,15H,3-4,9H2,1-2H3,(H,19,20,22). The van der Waals surface area contributed by atoms with E-state index in [9.17, 15) is 4.79 Å². The fourth-order valence-corrected chi connectivity index (χ4v) is 3.21. The number of aromatic nitrogens is 5. The monoisotopic (exact) mass is 337 g/mol. The predicted octanol–water partition coefficient (Wildman–Crippen LogP) is 1.79. The summed E-state index contributed by atoms with van der Waals surface area (Å²) in [6.07, 6.45) is 1.85. The molecule has 1 N–H and O–H groups in total. The number of rotatable bonds is 3. The number of hydrogen-bond acceptors (Lipinski definition) is 6. The summed E-state index contributed by atoms with van der Waals surface area (Å²) in [5, 5.41) is 19.2. The normalized spacial score (nSPS) is 17.2. The maximum atomic E-state index is 13.0.